The van der Waals surface area contributed by atoms with Crippen LogP contribution in [0.25, 0.3) is 0 Å². The Morgan fingerprint density at radius 2 is 2.22 bits per heavy atom. The fraction of sp³-hybridized carbons (Fsp3) is 0.500. The van der Waals surface area contributed by atoms with Gasteiger partial charge in [-0.15, -0.1) is 0 Å². The van der Waals surface area contributed by atoms with Gasteiger partial charge in [0.05, 0.1) is 5.56 Å². The van der Waals surface area contributed by atoms with Gasteiger partial charge in [-0.1, -0.05) is 12.1 Å². The molecule has 3 nitrogen and oxygen atoms in total. The third-order valence-corrected chi connectivity index (χ3v) is 5.03. The second kappa shape index (κ2) is 5.57. The van der Waals surface area contributed by atoms with Crippen molar-refractivity contribution in [2.45, 2.75) is 38.8 Å². The van der Waals surface area contributed by atoms with Crippen LogP contribution in [0.1, 0.15) is 35.7 Å². The summed E-state index contributed by atoms with van der Waals surface area (Å²) < 4.78 is 1.06. The minimum Gasteiger partial charge on any atom is -0.336 e. The van der Waals surface area contributed by atoms with Crippen molar-refractivity contribution >= 4 is 28.5 Å². The Hall–Kier alpha value is -0.620. The van der Waals surface area contributed by atoms with Crippen molar-refractivity contribution in [3.05, 3.63) is 32.9 Å². The average Bonchev–Trinajstić information content (AvgIpc) is 2.32. The van der Waals surface area contributed by atoms with E-state index >= 15 is 0 Å². The highest BCUT2D eigenvalue weighted by Gasteiger charge is 2.28. The number of halogens is 1. The standard InChI is InChI=1S/C14H19IN2O/c1-9-4-3-5-12(13(9)15)14(18)17-7-6-11(16)8-10(17)2/h3-5,10-11H,6-8,16H2,1-2H3. The normalized spacial score (nSPS) is 24.1. The molecule has 1 saturated heterocycles. The van der Waals surface area contributed by atoms with Gasteiger partial charge in [0.25, 0.3) is 5.91 Å². The maximum atomic E-state index is 12.6. The average molecular weight is 358 g/mol. The van der Waals surface area contributed by atoms with Gasteiger partial charge in [0.15, 0.2) is 0 Å². The molecular formula is C14H19IN2O. The first-order valence-electron chi connectivity index (χ1n) is 6.32. The maximum absolute atomic E-state index is 12.6. The summed E-state index contributed by atoms with van der Waals surface area (Å²) in [6, 6.07) is 6.37. The first kappa shape index (κ1) is 13.8. The fourth-order valence-corrected chi connectivity index (χ4v) is 3.07. The highest BCUT2D eigenvalue weighted by molar-refractivity contribution is 14.1. The number of hydrogen-bond acceptors (Lipinski definition) is 2. The number of amides is 1. The molecule has 0 aromatic heterocycles. The molecule has 1 fully saturated rings. The summed E-state index contributed by atoms with van der Waals surface area (Å²) in [5, 5.41) is 0. The highest BCUT2D eigenvalue weighted by Crippen LogP contribution is 2.23. The van der Waals surface area contributed by atoms with Crippen LogP contribution in [-0.2, 0) is 0 Å². The summed E-state index contributed by atoms with van der Waals surface area (Å²) in [7, 11) is 0. The molecule has 0 spiro atoms. The number of hydrogen-bond donors (Lipinski definition) is 1. The van der Waals surface area contributed by atoms with Gasteiger partial charge >= 0.3 is 0 Å². The first-order valence-corrected chi connectivity index (χ1v) is 7.40. The second-order valence-electron chi connectivity index (χ2n) is 5.07. The van der Waals surface area contributed by atoms with Gasteiger partial charge in [0, 0.05) is 22.2 Å². The Bertz CT molecular complexity index is 461. The van der Waals surface area contributed by atoms with Crippen molar-refractivity contribution in [2.24, 2.45) is 5.73 Å². The Kier molecular flexibility index (Phi) is 4.27. The summed E-state index contributed by atoms with van der Waals surface area (Å²) in [5.41, 5.74) is 7.91. The number of likely N-dealkylation sites (tertiary alicyclic amines) is 1. The lowest BCUT2D eigenvalue weighted by molar-refractivity contribution is 0.0618. The molecule has 1 aromatic rings. The zero-order chi connectivity index (χ0) is 13.3. The summed E-state index contributed by atoms with van der Waals surface area (Å²) in [6.07, 6.45) is 1.80. The largest absolute Gasteiger partial charge is 0.336 e. The van der Waals surface area contributed by atoms with E-state index in [4.69, 9.17) is 5.73 Å². The Morgan fingerprint density at radius 1 is 1.50 bits per heavy atom. The number of aryl methyl sites for hydroxylation is 1. The van der Waals surface area contributed by atoms with Gasteiger partial charge in [-0.3, -0.25) is 4.79 Å². The number of piperidine rings is 1. The summed E-state index contributed by atoms with van der Waals surface area (Å²) in [5.74, 6) is 0.141. The number of benzene rings is 1. The molecule has 18 heavy (non-hydrogen) atoms. The fourth-order valence-electron chi connectivity index (χ4n) is 2.48. The zero-order valence-corrected chi connectivity index (χ0v) is 13.0. The molecule has 2 atom stereocenters. The van der Waals surface area contributed by atoms with Gasteiger partial charge in [0.1, 0.15) is 0 Å². The quantitative estimate of drug-likeness (QED) is 0.785. The van der Waals surface area contributed by atoms with Crippen LogP contribution in [0.3, 0.4) is 0 Å². The highest BCUT2D eigenvalue weighted by atomic mass is 127. The molecule has 2 N–H and O–H groups in total. The molecule has 0 aliphatic carbocycles. The van der Waals surface area contributed by atoms with Gasteiger partial charge in [0.2, 0.25) is 0 Å². The van der Waals surface area contributed by atoms with Crippen LogP contribution in [0, 0.1) is 10.5 Å². The van der Waals surface area contributed by atoms with Gasteiger partial charge in [-0.25, -0.2) is 0 Å². The molecule has 1 heterocycles. The van der Waals surface area contributed by atoms with E-state index in [1.807, 2.05) is 30.0 Å². The van der Waals surface area contributed by atoms with E-state index in [2.05, 4.69) is 29.5 Å². The number of rotatable bonds is 1. The van der Waals surface area contributed by atoms with E-state index in [1.165, 1.54) is 0 Å². The van der Waals surface area contributed by atoms with E-state index in [-0.39, 0.29) is 18.0 Å². The molecule has 0 saturated carbocycles. The zero-order valence-electron chi connectivity index (χ0n) is 10.8. The molecule has 1 aliphatic heterocycles. The predicted octanol–water partition coefficient (Wildman–Crippen LogP) is 2.55. The molecule has 2 rings (SSSR count). The maximum Gasteiger partial charge on any atom is 0.255 e. The third-order valence-electron chi connectivity index (χ3n) is 3.60. The Labute approximate surface area is 122 Å². The number of nitrogens with zero attached hydrogens (tertiary/aromatic N) is 1. The topological polar surface area (TPSA) is 46.3 Å². The minimum absolute atomic E-state index is 0.141. The van der Waals surface area contributed by atoms with Crippen LogP contribution in [-0.4, -0.2) is 29.4 Å². The lowest BCUT2D eigenvalue weighted by Crippen LogP contribution is -2.48. The molecule has 0 bridgehead atoms. The molecule has 98 valence electrons. The summed E-state index contributed by atoms with van der Waals surface area (Å²) >= 11 is 2.26. The van der Waals surface area contributed by atoms with Crippen molar-refractivity contribution in [2.75, 3.05) is 6.54 Å². The van der Waals surface area contributed by atoms with E-state index < -0.39 is 0 Å². The van der Waals surface area contributed by atoms with Crippen molar-refractivity contribution in [1.29, 1.82) is 0 Å². The van der Waals surface area contributed by atoms with Crippen LogP contribution in [0.4, 0.5) is 0 Å². The van der Waals surface area contributed by atoms with Crippen molar-refractivity contribution in [3.8, 4) is 0 Å². The SMILES string of the molecule is Cc1cccc(C(=O)N2CCC(N)CC2C)c1I. The molecule has 1 aromatic carbocycles. The Morgan fingerprint density at radius 3 is 2.89 bits per heavy atom. The van der Waals surface area contributed by atoms with Crippen molar-refractivity contribution in [3.63, 3.8) is 0 Å². The van der Waals surface area contributed by atoms with Crippen molar-refractivity contribution in [1.82, 2.24) is 4.90 Å². The molecule has 2 unspecified atom stereocenters. The lowest BCUT2D eigenvalue weighted by Gasteiger charge is -2.36. The second-order valence-corrected chi connectivity index (χ2v) is 6.15. The molecule has 1 aliphatic rings. The van der Waals surface area contributed by atoms with Gasteiger partial charge < -0.3 is 10.6 Å². The molecular weight excluding hydrogens is 339 g/mol. The smallest absolute Gasteiger partial charge is 0.255 e. The summed E-state index contributed by atoms with van der Waals surface area (Å²) in [6.45, 7) is 4.89. The number of nitrogens with two attached hydrogens (primary N) is 1. The van der Waals surface area contributed by atoms with Crippen molar-refractivity contribution < 1.29 is 4.79 Å². The van der Waals surface area contributed by atoms with Crippen LogP contribution in [0.15, 0.2) is 18.2 Å². The monoisotopic (exact) mass is 358 g/mol. The van der Waals surface area contributed by atoms with E-state index in [1.54, 1.807) is 0 Å². The number of carbonyl (C=O) groups is 1. The Balaban J connectivity index is 2.23. The van der Waals surface area contributed by atoms with Gasteiger partial charge in [-0.2, -0.15) is 0 Å². The minimum atomic E-state index is 0.141. The molecule has 0 radical (unpaired) electrons. The van der Waals surface area contributed by atoms with Crippen LogP contribution >= 0.6 is 22.6 Å². The van der Waals surface area contributed by atoms with Crippen LogP contribution in [0.5, 0.6) is 0 Å². The lowest BCUT2D eigenvalue weighted by atomic mass is 9.98. The van der Waals surface area contributed by atoms with Crippen LogP contribution < -0.4 is 5.73 Å². The summed E-state index contributed by atoms with van der Waals surface area (Å²) in [4.78, 5) is 14.5. The molecule has 1 amide bonds. The van der Waals surface area contributed by atoms with E-state index in [0.717, 1.165) is 34.1 Å². The predicted molar refractivity (Wildman–Crippen MR) is 81.6 cm³/mol. The van der Waals surface area contributed by atoms with E-state index in [0.29, 0.717) is 0 Å². The third kappa shape index (κ3) is 2.69. The van der Waals surface area contributed by atoms with Gasteiger partial charge in [-0.05, 0) is 60.9 Å². The first-order chi connectivity index (χ1) is 8.50. The van der Waals surface area contributed by atoms with E-state index in [9.17, 15) is 4.79 Å². The number of carbonyl (C=O) groups excluding carboxylic acids is 1. The molecule has 4 heteroatoms. The van der Waals surface area contributed by atoms with Crippen LogP contribution in [0.2, 0.25) is 0 Å².